The largest absolute Gasteiger partial charge is 0.478 e. The summed E-state index contributed by atoms with van der Waals surface area (Å²) in [6, 6.07) is 10.9. The Morgan fingerprint density at radius 3 is 2.83 bits per heavy atom. The van der Waals surface area contributed by atoms with Crippen molar-refractivity contribution in [2.24, 2.45) is 0 Å². The molecule has 0 aliphatic carbocycles. The predicted octanol–water partition coefficient (Wildman–Crippen LogP) is 2.09. The number of rotatable bonds is 5. The molecule has 0 aliphatic rings. The van der Waals surface area contributed by atoms with Gasteiger partial charge in [0, 0.05) is 23.5 Å². The van der Waals surface area contributed by atoms with Gasteiger partial charge < -0.3 is 9.72 Å². The summed E-state index contributed by atoms with van der Waals surface area (Å²) in [5.41, 5.74) is 1.82. The van der Waals surface area contributed by atoms with Crippen LogP contribution >= 0.6 is 0 Å². The maximum absolute atomic E-state index is 11.1. The van der Waals surface area contributed by atoms with Crippen LogP contribution in [-0.2, 0) is 6.42 Å². The maximum Gasteiger partial charge on any atom is 0.248 e. The molecule has 0 unspecified atom stereocenters. The van der Waals surface area contributed by atoms with Crippen molar-refractivity contribution in [3.63, 3.8) is 0 Å². The van der Waals surface area contributed by atoms with Crippen molar-refractivity contribution < 1.29 is 4.74 Å². The number of ether oxygens (including phenoxy) is 1. The summed E-state index contributed by atoms with van der Waals surface area (Å²) in [6.07, 6.45) is 1.64. The van der Waals surface area contributed by atoms with Gasteiger partial charge in [-0.15, -0.1) is 0 Å². The molecule has 2 aromatic heterocycles. The van der Waals surface area contributed by atoms with E-state index in [2.05, 4.69) is 9.97 Å². The highest BCUT2D eigenvalue weighted by molar-refractivity contribution is 5.14. The van der Waals surface area contributed by atoms with Crippen LogP contribution < -0.4 is 10.3 Å². The predicted molar refractivity (Wildman–Crippen MR) is 69.9 cm³/mol. The summed E-state index contributed by atoms with van der Waals surface area (Å²) < 4.78 is 5.54. The lowest BCUT2D eigenvalue weighted by Gasteiger charge is -2.05. The number of nitrogens with zero attached hydrogens (tertiary/aromatic N) is 1. The van der Waals surface area contributed by atoms with Gasteiger partial charge in [-0.1, -0.05) is 12.1 Å². The molecule has 94 valence electrons. The average Bonchev–Trinajstić information content (AvgIpc) is 2.35. The molecule has 0 fully saturated rings. The third kappa shape index (κ3) is 3.73. The van der Waals surface area contributed by atoms with Crippen LogP contribution in [0.4, 0.5) is 0 Å². The van der Waals surface area contributed by atoms with Gasteiger partial charge in [-0.3, -0.25) is 4.79 Å². The van der Waals surface area contributed by atoms with E-state index in [1.807, 2.05) is 31.2 Å². The smallest absolute Gasteiger partial charge is 0.248 e. The first-order valence-corrected chi connectivity index (χ1v) is 5.99. The minimum Gasteiger partial charge on any atom is -0.478 e. The van der Waals surface area contributed by atoms with Gasteiger partial charge in [-0.2, -0.15) is 0 Å². The zero-order chi connectivity index (χ0) is 12.8. The molecule has 0 atom stereocenters. The third-order valence-electron chi connectivity index (χ3n) is 2.53. The average molecular weight is 244 g/mol. The fraction of sp³-hybridized carbons (Fsp3) is 0.286. The monoisotopic (exact) mass is 244 g/mol. The van der Waals surface area contributed by atoms with E-state index in [4.69, 9.17) is 4.74 Å². The second-order valence-corrected chi connectivity index (χ2v) is 4.11. The lowest BCUT2D eigenvalue weighted by Crippen LogP contribution is -2.08. The Hall–Kier alpha value is -2.10. The number of aromatic nitrogens is 2. The fourth-order valence-electron chi connectivity index (χ4n) is 1.68. The Morgan fingerprint density at radius 1 is 1.22 bits per heavy atom. The van der Waals surface area contributed by atoms with E-state index >= 15 is 0 Å². The van der Waals surface area contributed by atoms with Crippen molar-refractivity contribution in [3.8, 4) is 5.88 Å². The van der Waals surface area contributed by atoms with E-state index in [-0.39, 0.29) is 5.56 Å². The first kappa shape index (κ1) is 12.4. The molecule has 2 aromatic rings. The summed E-state index contributed by atoms with van der Waals surface area (Å²) in [7, 11) is 0. The van der Waals surface area contributed by atoms with E-state index in [0.717, 1.165) is 24.2 Å². The number of nitrogens with one attached hydrogen (secondary N) is 1. The standard InChI is InChI=1S/C14H16N2O2/c1-11-5-2-9-14(15-11)18-10-4-7-12-6-3-8-13(17)16-12/h2-3,5-6,8-9H,4,7,10H2,1H3,(H,16,17). The lowest BCUT2D eigenvalue weighted by molar-refractivity contribution is 0.298. The van der Waals surface area contributed by atoms with E-state index in [1.165, 1.54) is 6.07 Å². The highest BCUT2D eigenvalue weighted by atomic mass is 16.5. The molecule has 0 saturated heterocycles. The highest BCUT2D eigenvalue weighted by Crippen LogP contribution is 2.07. The van der Waals surface area contributed by atoms with Crippen LogP contribution in [0.25, 0.3) is 0 Å². The zero-order valence-corrected chi connectivity index (χ0v) is 10.3. The molecule has 0 bridgehead atoms. The van der Waals surface area contributed by atoms with Gasteiger partial charge in [-0.05, 0) is 31.9 Å². The van der Waals surface area contributed by atoms with Crippen LogP contribution in [0.2, 0.25) is 0 Å². The first-order chi connectivity index (χ1) is 8.74. The molecule has 1 N–H and O–H groups in total. The summed E-state index contributed by atoms with van der Waals surface area (Å²) >= 11 is 0. The summed E-state index contributed by atoms with van der Waals surface area (Å²) in [4.78, 5) is 18.1. The fourth-order valence-corrected chi connectivity index (χ4v) is 1.68. The summed E-state index contributed by atoms with van der Waals surface area (Å²) in [5.74, 6) is 0.650. The van der Waals surface area contributed by atoms with Crippen molar-refractivity contribution in [1.29, 1.82) is 0 Å². The number of H-pyrrole nitrogens is 1. The Balaban J connectivity index is 1.78. The molecule has 0 radical (unpaired) electrons. The molecular formula is C14H16N2O2. The molecular weight excluding hydrogens is 228 g/mol. The topological polar surface area (TPSA) is 55.0 Å². The molecule has 0 spiro atoms. The van der Waals surface area contributed by atoms with Gasteiger partial charge in [0.05, 0.1) is 6.61 Å². The molecule has 0 aliphatic heterocycles. The second kappa shape index (κ2) is 6.00. The summed E-state index contributed by atoms with van der Waals surface area (Å²) in [5, 5.41) is 0. The van der Waals surface area contributed by atoms with Crippen LogP contribution in [0.5, 0.6) is 5.88 Å². The SMILES string of the molecule is Cc1cccc(OCCCc2cccc(=O)[nH]2)n1. The Bertz CT molecular complexity index is 563. The van der Waals surface area contributed by atoms with Gasteiger partial charge in [0.2, 0.25) is 11.4 Å². The summed E-state index contributed by atoms with van der Waals surface area (Å²) in [6.45, 7) is 2.52. The second-order valence-electron chi connectivity index (χ2n) is 4.11. The van der Waals surface area contributed by atoms with Crippen LogP contribution in [0.15, 0.2) is 41.2 Å². The maximum atomic E-state index is 11.1. The number of aromatic amines is 1. The van der Waals surface area contributed by atoms with Crippen molar-refractivity contribution in [3.05, 3.63) is 58.1 Å². The van der Waals surface area contributed by atoms with Crippen molar-refractivity contribution in [1.82, 2.24) is 9.97 Å². The van der Waals surface area contributed by atoms with Crippen LogP contribution in [0, 0.1) is 6.92 Å². The van der Waals surface area contributed by atoms with Crippen molar-refractivity contribution in [2.75, 3.05) is 6.61 Å². The van der Waals surface area contributed by atoms with Crippen molar-refractivity contribution in [2.45, 2.75) is 19.8 Å². The minimum absolute atomic E-state index is 0.0613. The first-order valence-electron chi connectivity index (χ1n) is 5.99. The van der Waals surface area contributed by atoms with Gasteiger partial charge in [0.15, 0.2) is 0 Å². The number of hydrogen-bond donors (Lipinski definition) is 1. The Kier molecular flexibility index (Phi) is 4.12. The number of pyridine rings is 2. The van der Waals surface area contributed by atoms with Crippen LogP contribution in [0.3, 0.4) is 0 Å². The van der Waals surface area contributed by atoms with E-state index in [9.17, 15) is 4.79 Å². The molecule has 2 heterocycles. The third-order valence-corrected chi connectivity index (χ3v) is 2.53. The normalized spacial score (nSPS) is 10.3. The van der Waals surface area contributed by atoms with Gasteiger partial charge in [-0.25, -0.2) is 4.98 Å². The lowest BCUT2D eigenvalue weighted by atomic mass is 10.2. The minimum atomic E-state index is -0.0613. The molecule has 4 nitrogen and oxygen atoms in total. The molecule has 4 heteroatoms. The molecule has 0 aromatic carbocycles. The molecule has 2 rings (SSSR count). The Labute approximate surface area is 106 Å². The molecule has 0 amide bonds. The molecule has 0 saturated carbocycles. The van der Waals surface area contributed by atoms with Crippen LogP contribution in [-0.4, -0.2) is 16.6 Å². The van der Waals surface area contributed by atoms with E-state index < -0.39 is 0 Å². The van der Waals surface area contributed by atoms with Gasteiger partial charge in [0.25, 0.3) is 0 Å². The van der Waals surface area contributed by atoms with Gasteiger partial charge in [0.1, 0.15) is 0 Å². The number of hydrogen-bond acceptors (Lipinski definition) is 3. The van der Waals surface area contributed by atoms with Crippen molar-refractivity contribution >= 4 is 0 Å². The Morgan fingerprint density at radius 2 is 2.06 bits per heavy atom. The van der Waals surface area contributed by atoms with Crippen LogP contribution in [0.1, 0.15) is 17.8 Å². The van der Waals surface area contributed by atoms with Gasteiger partial charge >= 0.3 is 0 Å². The van der Waals surface area contributed by atoms with E-state index in [1.54, 1.807) is 6.07 Å². The van der Waals surface area contributed by atoms with E-state index in [0.29, 0.717) is 12.5 Å². The quantitative estimate of drug-likeness (QED) is 0.819. The molecule has 18 heavy (non-hydrogen) atoms. The zero-order valence-electron chi connectivity index (χ0n) is 10.3. The number of aryl methyl sites for hydroxylation is 2. The highest BCUT2D eigenvalue weighted by Gasteiger charge is 1.97.